The Hall–Kier alpha value is -0.640. The van der Waals surface area contributed by atoms with Crippen LogP contribution in [0.1, 0.15) is 13.3 Å². The molecule has 0 aliphatic carbocycles. The van der Waals surface area contributed by atoms with Crippen molar-refractivity contribution in [1.29, 1.82) is 0 Å². The van der Waals surface area contributed by atoms with Crippen LogP contribution >= 0.6 is 0 Å². The van der Waals surface area contributed by atoms with E-state index < -0.39 is 0 Å². The Kier molecular flexibility index (Phi) is 1.66. The van der Waals surface area contributed by atoms with Crippen molar-refractivity contribution in [1.82, 2.24) is 0 Å². The second-order valence-electron chi connectivity index (χ2n) is 2.22. The van der Waals surface area contributed by atoms with E-state index in [4.69, 9.17) is 4.74 Å². The zero-order valence-corrected chi connectivity index (χ0v) is 5.24. The Morgan fingerprint density at radius 2 is 2.33 bits per heavy atom. The minimum Gasteiger partial charge on any atom is -0.370 e. The normalized spacial score (nSPS) is 32.1. The highest BCUT2D eigenvalue weighted by Crippen LogP contribution is 2.23. The fourth-order valence-electron chi connectivity index (χ4n) is 0.766. The summed E-state index contributed by atoms with van der Waals surface area (Å²) in [4.78, 5) is 9.48. The van der Waals surface area contributed by atoms with Crippen LogP contribution in [0, 0.1) is 10.1 Å². The predicted molar refractivity (Wildman–Crippen MR) is 30.8 cm³/mol. The molecule has 0 bridgehead atoms. The average Bonchev–Trinajstić information content (AvgIpc) is 2.42. The molecule has 1 aliphatic rings. The first-order chi connectivity index (χ1) is 4.20. The molecule has 0 radical (unpaired) electrons. The van der Waals surface area contributed by atoms with E-state index in [9.17, 15) is 10.1 Å². The van der Waals surface area contributed by atoms with Crippen molar-refractivity contribution in [3.8, 4) is 0 Å². The zero-order chi connectivity index (χ0) is 6.85. The van der Waals surface area contributed by atoms with Gasteiger partial charge in [0.15, 0.2) is 0 Å². The maximum absolute atomic E-state index is 9.79. The summed E-state index contributed by atoms with van der Waals surface area (Å²) in [6.07, 6.45) is 0.981. The summed E-state index contributed by atoms with van der Waals surface area (Å²) in [7, 11) is 0. The van der Waals surface area contributed by atoms with Gasteiger partial charge in [-0.2, -0.15) is 0 Å². The minimum absolute atomic E-state index is 0.0367. The molecular formula is C5H9NO3. The molecule has 0 saturated carbocycles. The van der Waals surface area contributed by atoms with E-state index in [-0.39, 0.29) is 23.7 Å². The maximum Gasteiger partial charge on any atom is 0.206 e. The number of hydrogen-bond donors (Lipinski definition) is 0. The van der Waals surface area contributed by atoms with Gasteiger partial charge in [-0.15, -0.1) is 0 Å². The first kappa shape index (κ1) is 6.48. The van der Waals surface area contributed by atoms with Gasteiger partial charge in [0.1, 0.15) is 0 Å². The molecule has 1 rings (SSSR count). The van der Waals surface area contributed by atoms with Gasteiger partial charge in [0.25, 0.3) is 0 Å². The van der Waals surface area contributed by atoms with Gasteiger partial charge >= 0.3 is 0 Å². The molecule has 2 atom stereocenters. The van der Waals surface area contributed by atoms with E-state index in [1.165, 1.54) is 0 Å². The molecule has 4 heteroatoms. The minimum atomic E-state index is -0.311. The number of rotatable bonds is 3. The highest BCUT2D eigenvalue weighted by Gasteiger charge is 2.34. The van der Waals surface area contributed by atoms with Crippen molar-refractivity contribution in [3.05, 3.63) is 10.1 Å². The van der Waals surface area contributed by atoms with Gasteiger partial charge in [0, 0.05) is 11.3 Å². The molecule has 9 heavy (non-hydrogen) atoms. The Morgan fingerprint density at radius 3 is 2.67 bits per heavy atom. The molecule has 0 aromatic carbocycles. The standard InChI is InChI=1S/C5H9NO3/c1-4-5(9-4)2-3-6(7)8/h4-5H,2-3H2,1H3. The molecular weight excluding hydrogens is 122 g/mol. The highest BCUT2D eigenvalue weighted by atomic mass is 16.6. The number of ether oxygens (including phenoxy) is 1. The Morgan fingerprint density at radius 1 is 1.78 bits per heavy atom. The molecule has 1 aliphatic heterocycles. The summed E-state index contributed by atoms with van der Waals surface area (Å²) in [5.74, 6) is 0. The third-order valence-electron chi connectivity index (χ3n) is 1.43. The summed E-state index contributed by atoms with van der Waals surface area (Å²) >= 11 is 0. The van der Waals surface area contributed by atoms with E-state index in [1.807, 2.05) is 6.92 Å². The van der Waals surface area contributed by atoms with Crippen LogP contribution in [-0.4, -0.2) is 23.7 Å². The molecule has 1 heterocycles. The fraction of sp³-hybridized carbons (Fsp3) is 1.00. The first-order valence-corrected chi connectivity index (χ1v) is 2.97. The van der Waals surface area contributed by atoms with Crippen LogP contribution in [-0.2, 0) is 4.74 Å². The topological polar surface area (TPSA) is 55.7 Å². The summed E-state index contributed by atoms with van der Waals surface area (Å²) in [5, 5.41) is 9.79. The first-order valence-electron chi connectivity index (χ1n) is 2.97. The average molecular weight is 131 g/mol. The van der Waals surface area contributed by atoms with Crippen LogP contribution in [0.4, 0.5) is 0 Å². The van der Waals surface area contributed by atoms with E-state index >= 15 is 0 Å². The maximum atomic E-state index is 9.79. The second-order valence-corrected chi connectivity index (χ2v) is 2.22. The van der Waals surface area contributed by atoms with E-state index in [0.29, 0.717) is 6.42 Å². The van der Waals surface area contributed by atoms with E-state index in [0.717, 1.165) is 0 Å². The second kappa shape index (κ2) is 2.31. The smallest absolute Gasteiger partial charge is 0.206 e. The number of epoxide rings is 1. The molecule has 1 saturated heterocycles. The number of nitrogens with zero attached hydrogens (tertiary/aromatic N) is 1. The lowest BCUT2D eigenvalue weighted by molar-refractivity contribution is -0.480. The van der Waals surface area contributed by atoms with Crippen LogP contribution in [0.5, 0.6) is 0 Å². The van der Waals surface area contributed by atoms with Crippen molar-refractivity contribution in [3.63, 3.8) is 0 Å². The van der Waals surface area contributed by atoms with Crippen molar-refractivity contribution >= 4 is 0 Å². The third kappa shape index (κ3) is 1.97. The Bertz CT molecular complexity index is 125. The molecule has 0 N–H and O–H groups in total. The molecule has 0 aromatic rings. The van der Waals surface area contributed by atoms with Crippen molar-refractivity contribution in [2.45, 2.75) is 25.6 Å². The zero-order valence-electron chi connectivity index (χ0n) is 5.24. The molecule has 2 unspecified atom stereocenters. The third-order valence-corrected chi connectivity index (χ3v) is 1.43. The summed E-state index contributed by atoms with van der Waals surface area (Å²) in [5.41, 5.74) is 0. The van der Waals surface area contributed by atoms with Gasteiger partial charge < -0.3 is 4.74 Å². The highest BCUT2D eigenvalue weighted by molar-refractivity contribution is 4.79. The SMILES string of the molecule is CC1OC1CC[N+](=O)[O-]. The van der Waals surface area contributed by atoms with Crippen molar-refractivity contribution in [2.75, 3.05) is 6.54 Å². The summed E-state index contributed by atoms with van der Waals surface area (Å²) in [6.45, 7) is 1.96. The Labute approximate surface area is 53.0 Å². The molecule has 0 aromatic heterocycles. The van der Waals surface area contributed by atoms with Crippen LogP contribution in [0.25, 0.3) is 0 Å². The molecule has 4 nitrogen and oxygen atoms in total. The predicted octanol–water partition coefficient (Wildman–Crippen LogP) is 0.440. The van der Waals surface area contributed by atoms with Gasteiger partial charge in [0.05, 0.1) is 12.2 Å². The van der Waals surface area contributed by atoms with Gasteiger partial charge in [-0.05, 0) is 6.92 Å². The summed E-state index contributed by atoms with van der Waals surface area (Å²) in [6, 6.07) is 0. The lowest BCUT2D eigenvalue weighted by Crippen LogP contribution is -2.04. The van der Waals surface area contributed by atoms with E-state index in [2.05, 4.69) is 0 Å². The quantitative estimate of drug-likeness (QED) is 0.317. The summed E-state index contributed by atoms with van der Waals surface area (Å²) < 4.78 is 4.96. The molecule has 0 amide bonds. The monoisotopic (exact) mass is 131 g/mol. The van der Waals surface area contributed by atoms with Crippen molar-refractivity contribution < 1.29 is 9.66 Å². The Balaban J connectivity index is 2.00. The van der Waals surface area contributed by atoms with Gasteiger partial charge in [-0.1, -0.05) is 0 Å². The van der Waals surface area contributed by atoms with Crippen LogP contribution in [0.3, 0.4) is 0 Å². The van der Waals surface area contributed by atoms with Gasteiger partial charge in [-0.25, -0.2) is 0 Å². The van der Waals surface area contributed by atoms with Crippen LogP contribution in [0.2, 0.25) is 0 Å². The number of hydrogen-bond acceptors (Lipinski definition) is 3. The lowest BCUT2D eigenvalue weighted by Gasteiger charge is -1.86. The molecule has 52 valence electrons. The molecule has 1 fully saturated rings. The fourth-order valence-corrected chi connectivity index (χ4v) is 0.766. The molecule has 0 spiro atoms. The lowest BCUT2D eigenvalue weighted by atomic mass is 10.2. The van der Waals surface area contributed by atoms with Gasteiger partial charge in [0.2, 0.25) is 6.54 Å². The van der Waals surface area contributed by atoms with Crippen LogP contribution < -0.4 is 0 Å². The van der Waals surface area contributed by atoms with E-state index in [1.54, 1.807) is 0 Å². The van der Waals surface area contributed by atoms with Crippen molar-refractivity contribution in [2.24, 2.45) is 0 Å². The van der Waals surface area contributed by atoms with Gasteiger partial charge in [-0.3, -0.25) is 10.1 Å². The largest absolute Gasteiger partial charge is 0.370 e. The van der Waals surface area contributed by atoms with Crippen LogP contribution in [0.15, 0.2) is 0 Å². The number of nitro groups is 1.